The molecule has 2 aromatic rings. The number of aromatic nitrogens is 2. The van der Waals surface area contributed by atoms with Crippen LogP contribution in [0.1, 0.15) is 12.8 Å². The largest absolute Gasteiger partial charge is 0.306 e. The zero-order valence-electron chi connectivity index (χ0n) is 10.3. The Morgan fingerprint density at radius 1 is 1.42 bits per heavy atom. The second-order valence-electron chi connectivity index (χ2n) is 4.41. The Bertz CT molecular complexity index is 563. The number of anilines is 1. The number of carbonyl (C=O) groups excluding carboxylic acids is 1. The summed E-state index contributed by atoms with van der Waals surface area (Å²) in [7, 11) is 0. The van der Waals surface area contributed by atoms with E-state index >= 15 is 0 Å². The van der Waals surface area contributed by atoms with Crippen molar-refractivity contribution in [1.29, 1.82) is 0 Å². The number of thiazole rings is 1. The molecule has 98 valence electrons. The zero-order chi connectivity index (χ0) is 13.1. The molecule has 1 aliphatic rings. The normalized spacial score (nSPS) is 18.4. The van der Waals surface area contributed by atoms with Gasteiger partial charge in [0.25, 0.3) is 0 Å². The first kappa shape index (κ1) is 12.3. The molecule has 0 aliphatic carbocycles. The van der Waals surface area contributed by atoms with Crippen LogP contribution in [0.4, 0.5) is 5.13 Å². The van der Waals surface area contributed by atoms with E-state index in [1.54, 1.807) is 12.4 Å². The van der Waals surface area contributed by atoms with Crippen molar-refractivity contribution in [3.05, 3.63) is 29.9 Å². The minimum absolute atomic E-state index is 0.00753. The summed E-state index contributed by atoms with van der Waals surface area (Å²) in [5.74, 6) is 0.00753. The number of carbonyl (C=O) groups is 1. The summed E-state index contributed by atoms with van der Waals surface area (Å²) in [6, 6.07) is 3.73. The zero-order valence-corrected chi connectivity index (χ0v) is 11.1. The van der Waals surface area contributed by atoms with Gasteiger partial charge in [-0.15, -0.1) is 11.3 Å². The van der Waals surface area contributed by atoms with Crippen LogP contribution in [0.25, 0.3) is 11.3 Å². The lowest BCUT2D eigenvalue weighted by Gasteiger charge is -2.08. The van der Waals surface area contributed by atoms with Gasteiger partial charge in [-0.25, -0.2) is 4.98 Å². The SMILES string of the molecule is O=C(Nc1nc(-c2ccncc2)cs1)C1CCCN1. The fourth-order valence-corrected chi connectivity index (χ4v) is 2.81. The van der Waals surface area contributed by atoms with Crippen LogP contribution < -0.4 is 10.6 Å². The van der Waals surface area contributed by atoms with E-state index in [0.29, 0.717) is 5.13 Å². The lowest BCUT2D eigenvalue weighted by Crippen LogP contribution is -2.35. The van der Waals surface area contributed by atoms with Crippen LogP contribution in [0, 0.1) is 0 Å². The highest BCUT2D eigenvalue weighted by atomic mass is 32.1. The molecular formula is C13H14N4OS. The number of nitrogens with one attached hydrogen (secondary N) is 2. The summed E-state index contributed by atoms with van der Waals surface area (Å²) in [5.41, 5.74) is 1.87. The summed E-state index contributed by atoms with van der Waals surface area (Å²) in [6.45, 7) is 0.915. The number of hydrogen-bond acceptors (Lipinski definition) is 5. The summed E-state index contributed by atoms with van der Waals surface area (Å²) >= 11 is 1.44. The molecule has 5 nitrogen and oxygen atoms in total. The Balaban J connectivity index is 1.70. The molecule has 1 unspecified atom stereocenters. The molecule has 1 aliphatic heterocycles. The second kappa shape index (κ2) is 5.46. The number of rotatable bonds is 3. The van der Waals surface area contributed by atoms with Crippen molar-refractivity contribution >= 4 is 22.4 Å². The van der Waals surface area contributed by atoms with Crippen LogP contribution in [0.2, 0.25) is 0 Å². The van der Waals surface area contributed by atoms with E-state index in [1.165, 1.54) is 11.3 Å². The first-order chi connectivity index (χ1) is 9.33. The molecule has 3 rings (SSSR count). The van der Waals surface area contributed by atoms with Gasteiger partial charge in [0.05, 0.1) is 11.7 Å². The van der Waals surface area contributed by atoms with Gasteiger partial charge in [0.2, 0.25) is 5.91 Å². The Labute approximate surface area is 115 Å². The predicted molar refractivity (Wildman–Crippen MR) is 75.0 cm³/mol. The smallest absolute Gasteiger partial charge is 0.243 e. The number of amides is 1. The minimum Gasteiger partial charge on any atom is -0.306 e. The van der Waals surface area contributed by atoms with Gasteiger partial charge in [0.15, 0.2) is 5.13 Å². The van der Waals surface area contributed by atoms with Gasteiger partial charge in [0, 0.05) is 23.3 Å². The lowest BCUT2D eigenvalue weighted by molar-refractivity contribution is -0.117. The van der Waals surface area contributed by atoms with Crippen molar-refractivity contribution in [2.45, 2.75) is 18.9 Å². The van der Waals surface area contributed by atoms with Gasteiger partial charge >= 0.3 is 0 Å². The van der Waals surface area contributed by atoms with Gasteiger partial charge in [-0.2, -0.15) is 0 Å². The van der Waals surface area contributed by atoms with Crippen LogP contribution in [-0.4, -0.2) is 28.5 Å². The molecular weight excluding hydrogens is 260 g/mol. The third kappa shape index (κ3) is 2.80. The van der Waals surface area contributed by atoms with Crippen LogP contribution in [0.15, 0.2) is 29.9 Å². The van der Waals surface area contributed by atoms with E-state index in [4.69, 9.17) is 0 Å². The van der Waals surface area contributed by atoms with E-state index in [2.05, 4.69) is 20.6 Å². The van der Waals surface area contributed by atoms with E-state index in [-0.39, 0.29) is 11.9 Å². The van der Waals surface area contributed by atoms with E-state index in [0.717, 1.165) is 30.6 Å². The van der Waals surface area contributed by atoms with Crippen LogP contribution in [0.5, 0.6) is 0 Å². The summed E-state index contributed by atoms with van der Waals surface area (Å²) in [6.07, 6.45) is 5.41. The lowest BCUT2D eigenvalue weighted by atomic mass is 10.2. The molecule has 0 bridgehead atoms. The molecule has 2 N–H and O–H groups in total. The predicted octanol–water partition coefficient (Wildman–Crippen LogP) is 1.90. The molecule has 0 saturated carbocycles. The van der Waals surface area contributed by atoms with Crippen LogP contribution in [-0.2, 0) is 4.79 Å². The molecule has 1 saturated heterocycles. The molecule has 1 fully saturated rings. The minimum atomic E-state index is -0.0757. The molecule has 3 heterocycles. The van der Waals surface area contributed by atoms with Gasteiger partial charge in [-0.05, 0) is 31.5 Å². The van der Waals surface area contributed by atoms with E-state index in [1.807, 2.05) is 17.5 Å². The topological polar surface area (TPSA) is 66.9 Å². The quantitative estimate of drug-likeness (QED) is 0.897. The molecule has 0 aromatic carbocycles. The third-order valence-electron chi connectivity index (χ3n) is 3.09. The fourth-order valence-electron chi connectivity index (χ4n) is 2.09. The second-order valence-corrected chi connectivity index (χ2v) is 5.27. The standard InChI is InChI=1S/C13H14N4OS/c18-12(10-2-1-5-15-10)17-13-16-11(8-19-13)9-3-6-14-7-4-9/h3-4,6-8,10,15H,1-2,5H2,(H,16,17,18). The Morgan fingerprint density at radius 2 is 2.26 bits per heavy atom. The molecule has 0 radical (unpaired) electrons. The maximum Gasteiger partial charge on any atom is 0.243 e. The third-order valence-corrected chi connectivity index (χ3v) is 3.84. The van der Waals surface area contributed by atoms with Crippen molar-refractivity contribution in [3.63, 3.8) is 0 Å². The molecule has 6 heteroatoms. The van der Waals surface area contributed by atoms with Crippen LogP contribution in [0.3, 0.4) is 0 Å². The van der Waals surface area contributed by atoms with E-state index in [9.17, 15) is 4.79 Å². The highest BCUT2D eigenvalue weighted by Gasteiger charge is 2.22. The number of nitrogens with zero attached hydrogens (tertiary/aromatic N) is 2. The van der Waals surface area contributed by atoms with Crippen molar-refractivity contribution in [1.82, 2.24) is 15.3 Å². The maximum absolute atomic E-state index is 11.9. The van der Waals surface area contributed by atoms with Gasteiger partial charge < -0.3 is 10.6 Å². The fraction of sp³-hybridized carbons (Fsp3) is 0.308. The average Bonchev–Trinajstić information content (AvgIpc) is 3.11. The Hall–Kier alpha value is -1.79. The average molecular weight is 274 g/mol. The van der Waals surface area contributed by atoms with Gasteiger partial charge in [0.1, 0.15) is 0 Å². The molecule has 1 amide bonds. The van der Waals surface area contributed by atoms with Crippen molar-refractivity contribution in [2.24, 2.45) is 0 Å². The first-order valence-electron chi connectivity index (χ1n) is 6.23. The van der Waals surface area contributed by atoms with Crippen molar-refractivity contribution in [2.75, 3.05) is 11.9 Å². The van der Waals surface area contributed by atoms with Crippen molar-refractivity contribution in [3.8, 4) is 11.3 Å². The summed E-state index contributed by atoms with van der Waals surface area (Å²) in [4.78, 5) is 20.3. The monoisotopic (exact) mass is 274 g/mol. The Morgan fingerprint density at radius 3 is 3.00 bits per heavy atom. The molecule has 19 heavy (non-hydrogen) atoms. The number of hydrogen-bond donors (Lipinski definition) is 2. The van der Waals surface area contributed by atoms with E-state index < -0.39 is 0 Å². The first-order valence-corrected chi connectivity index (χ1v) is 7.11. The van der Waals surface area contributed by atoms with Gasteiger partial charge in [-0.1, -0.05) is 0 Å². The summed E-state index contributed by atoms with van der Waals surface area (Å²) < 4.78 is 0. The number of pyridine rings is 1. The highest BCUT2D eigenvalue weighted by molar-refractivity contribution is 7.14. The van der Waals surface area contributed by atoms with Crippen LogP contribution >= 0.6 is 11.3 Å². The molecule has 0 spiro atoms. The van der Waals surface area contributed by atoms with Crippen molar-refractivity contribution < 1.29 is 4.79 Å². The summed E-state index contributed by atoms with van der Waals surface area (Å²) in [5, 5.41) is 8.62. The molecule has 2 aromatic heterocycles. The maximum atomic E-state index is 11.9. The molecule has 1 atom stereocenters. The highest BCUT2D eigenvalue weighted by Crippen LogP contribution is 2.24. The Kier molecular flexibility index (Phi) is 3.52. The van der Waals surface area contributed by atoms with Gasteiger partial charge in [-0.3, -0.25) is 9.78 Å².